The number of aliphatic hydroxyl groups is 1. The Labute approximate surface area is 550 Å². The Hall–Kier alpha value is -6.91. The summed E-state index contributed by atoms with van der Waals surface area (Å²) in [6.45, 7) is 31.5. The molecule has 23 nitrogen and oxygen atoms in total. The quantitative estimate of drug-likeness (QED) is 0.145. The Morgan fingerprint density at radius 2 is 0.913 bits per heavy atom. The van der Waals surface area contributed by atoms with Crippen molar-refractivity contribution in [1.82, 2.24) is 55.6 Å². The number of nitrogens with zero attached hydrogens (tertiary/aromatic N) is 7. The Balaban J connectivity index is 3.01. The molecule has 1 aliphatic heterocycles. The SMILES string of the molecule is CC[C@H]1NC(=O)C([C@@H](O)[C@@H](C)C/C=C(/C)c2ccc(C)cc2)N(C)C(=O)[C@@H](C(C)C)N(C)C(=O)[C@@H](CC(C)C)N(C)C(=O)[C@@H](CC(C)C)N(C)C(=O)[C@@H](C)NC(=O)[C@@H](C)NC(=O)[C@@H](CC(C)C)N(C)C(=O)[C@@H](C(C)C)NC(=O)[C@@H](CC(C)C)N(C)C(=O)CN(C)C1=O. The van der Waals surface area contributed by atoms with Gasteiger partial charge in [-0.2, -0.15) is 0 Å². The van der Waals surface area contributed by atoms with Gasteiger partial charge in [0.15, 0.2) is 0 Å². The summed E-state index contributed by atoms with van der Waals surface area (Å²) in [5.41, 5.74) is 2.94. The third-order valence-corrected chi connectivity index (χ3v) is 17.6. The van der Waals surface area contributed by atoms with E-state index in [1.807, 2.05) is 99.6 Å². The highest BCUT2D eigenvalue weighted by molar-refractivity contribution is 5.99. The first kappa shape index (κ1) is 81.2. The maximum atomic E-state index is 15.4. The zero-order chi connectivity index (χ0) is 70.8. The monoisotopic (exact) mass is 1290 g/mol. The zero-order valence-electron chi connectivity index (χ0n) is 60.3. The van der Waals surface area contributed by atoms with Crippen LogP contribution in [-0.2, 0) is 52.7 Å². The highest BCUT2D eigenvalue weighted by Crippen LogP contribution is 2.27. The summed E-state index contributed by atoms with van der Waals surface area (Å²) in [5, 5.41) is 23.5. The summed E-state index contributed by atoms with van der Waals surface area (Å²) in [4.78, 5) is 170. The minimum absolute atomic E-state index is 0.00889. The molecule has 1 aromatic carbocycles. The van der Waals surface area contributed by atoms with Gasteiger partial charge in [0.25, 0.3) is 0 Å². The summed E-state index contributed by atoms with van der Waals surface area (Å²) in [6, 6.07) is -4.56. The van der Waals surface area contributed by atoms with E-state index < -0.39 is 156 Å². The van der Waals surface area contributed by atoms with E-state index >= 15 is 19.2 Å². The molecule has 0 bridgehead atoms. The molecular formula is C69H117N11O12. The van der Waals surface area contributed by atoms with Crippen LogP contribution in [0.15, 0.2) is 30.3 Å². The highest BCUT2D eigenvalue weighted by Gasteiger charge is 2.46. The van der Waals surface area contributed by atoms with Crippen LogP contribution in [0, 0.1) is 48.3 Å². The first-order chi connectivity index (χ1) is 42.5. The second-order valence-electron chi connectivity index (χ2n) is 28.3. The molecule has 12 atom stereocenters. The Bertz CT molecular complexity index is 2730. The van der Waals surface area contributed by atoms with Crippen molar-refractivity contribution in [2.75, 3.05) is 55.9 Å². The number of benzene rings is 1. The molecule has 0 aliphatic carbocycles. The minimum Gasteiger partial charge on any atom is -0.390 e. The lowest BCUT2D eigenvalue weighted by Crippen LogP contribution is -2.63. The van der Waals surface area contributed by atoms with Gasteiger partial charge in [0.2, 0.25) is 65.0 Å². The molecule has 520 valence electrons. The van der Waals surface area contributed by atoms with Gasteiger partial charge in [-0.3, -0.25) is 52.7 Å². The number of carbonyl (C=O) groups is 11. The van der Waals surface area contributed by atoms with Crippen molar-refractivity contribution in [2.45, 2.75) is 230 Å². The van der Waals surface area contributed by atoms with Crippen LogP contribution < -0.4 is 21.3 Å². The van der Waals surface area contributed by atoms with Crippen LogP contribution in [0.4, 0.5) is 0 Å². The van der Waals surface area contributed by atoms with E-state index in [4.69, 9.17) is 0 Å². The van der Waals surface area contributed by atoms with E-state index in [0.29, 0.717) is 0 Å². The molecule has 1 aromatic rings. The average molecular weight is 1290 g/mol. The molecule has 1 fully saturated rings. The largest absolute Gasteiger partial charge is 0.390 e. The number of allylic oxidation sites excluding steroid dienone is 2. The van der Waals surface area contributed by atoms with Gasteiger partial charge in [-0.1, -0.05) is 133 Å². The zero-order valence-corrected chi connectivity index (χ0v) is 60.3. The lowest BCUT2D eigenvalue weighted by Gasteiger charge is -2.41. The predicted molar refractivity (Wildman–Crippen MR) is 358 cm³/mol. The Morgan fingerprint density at radius 1 is 0.489 bits per heavy atom. The Morgan fingerprint density at radius 3 is 1.38 bits per heavy atom. The average Bonchev–Trinajstić information content (AvgIpc) is 0.816. The summed E-state index contributed by atoms with van der Waals surface area (Å²) >= 11 is 0. The van der Waals surface area contributed by atoms with Gasteiger partial charge in [0.1, 0.15) is 60.4 Å². The molecule has 1 aliphatic rings. The van der Waals surface area contributed by atoms with E-state index in [2.05, 4.69) is 21.3 Å². The van der Waals surface area contributed by atoms with Crippen molar-refractivity contribution >= 4 is 70.6 Å². The fraction of sp³-hybridized carbons (Fsp3) is 0.725. The number of aryl methyl sites for hydroxylation is 1. The summed E-state index contributed by atoms with van der Waals surface area (Å²) in [5.74, 6) is -9.90. The van der Waals surface area contributed by atoms with Crippen molar-refractivity contribution < 1.29 is 57.8 Å². The molecule has 11 amide bonds. The third-order valence-electron chi connectivity index (χ3n) is 17.6. The highest BCUT2D eigenvalue weighted by atomic mass is 16.3. The predicted octanol–water partition coefficient (Wildman–Crippen LogP) is 5.10. The standard InChI is InChI=1S/C69H117N11O12/c1-26-50-65(88)74(19)37-55(81)75(20)51(33-38(2)3)62(85)73-56(42(10)11)68(91)76(21)52(34-39(4)5)61(84)70-47(17)60(83)71-48(18)64(87)77(22)53(35-40(6)7)66(89)78(23)54(36-41(8)9)67(90)79(24)57(43(12)13)69(92)80(25)58(63(86)72-50)59(82)46(16)30-29-45(15)49-31-27-44(14)28-32-49/h27-29,31-32,38-43,46-48,50-54,56-59,82H,26,30,33-37H2,1-25H3,(H,70,84)(H,71,83)(H,72,86)(H,73,85)/b45-29-/t46-,47+,48+,50+,51+,52+,53+,54+,56+,57+,58?,59-/m0/s1. The molecule has 2 rings (SSSR count). The lowest BCUT2D eigenvalue weighted by molar-refractivity contribution is -0.157. The van der Waals surface area contributed by atoms with Crippen molar-refractivity contribution in [2.24, 2.45) is 41.4 Å². The maximum absolute atomic E-state index is 15.4. The molecule has 0 saturated carbocycles. The third kappa shape index (κ3) is 22.4. The normalized spacial score (nSPS) is 25.8. The number of carbonyl (C=O) groups excluding carboxylic acids is 11. The van der Waals surface area contributed by atoms with E-state index in [0.717, 1.165) is 26.5 Å². The first-order valence-corrected chi connectivity index (χ1v) is 33.0. The lowest BCUT2D eigenvalue weighted by atomic mass is 9.90. The fourth-order valence-electron chi connectivity index (χ4n) is 11.6. The van der Waals surface area contributed by atoms with Gasteiger partial charge >= 0.3 is 0 Å². The smallest absolute Gasteiger partial charge is 0.246 e. The van der Waals surface area contributed by atoms with E-state index in [1.165, 1.54) is 87.7 Å². The van der Waals surface area contributed by atoms with Gasteiger partial charge in [0.05, 0.1) is 12.6 Å². The van der Waals surface area contributed by atoms with Crippen molar-refractivity contribution in [3.8, 4) is 0 Å². The van der Waals surface area contributed by atoms with Crippen molar-refractivity contribution in [1.29, 1.82) is 0 Å². The summed E-state index contributed by atoms with van der Waals surface area (Å²) < 4.78 is 0. The first-order valence-electron chi connectivity index (χ1n) is 33.0. The van der Waals surface area contributed by atoms with Crippen LogP contribution in [0.2, 0.25) is 0 Å². The number of amides is 11. The van der Waals surface area contributed by atoms with Crippen LogP contribution >= 0.6 is 0 Å². The number of hydrogen-bond acceptors (Lipinski definition) is 12. The van der Waals surface area contributed by atoms with E-state index in [9.17, 15) is 38.7 Å². The Kier molecular flexibility index (Phi) is 32.2. The van der Waals surface area contributed by atoms with Crippen LogP contribution in [0.1, 0.15) is 167 Å². The number of aliphatic hydroxyl groups excluding tert-OH is 1. The van der Waals surface area contributed by atoms with Crippen LogP contribution in [0.25, 0.3) is 5.57 Å². The molecular weight excluding hydrogens is 1170 g/mol. The van der Waals surface area contributed by atoms with Crippen molar-refractivity contribution in [3.63, 3.8) is 0 Å². The summed E-state index contributed by atoms with van der Waals surface area (Å²) in [6.07, 6.45) is 1.24. The number of likely N-dealkylation sites (N-methyl/N-ethyl adjacent to an activating group) is 7. The van der Waals surface area contributed by atoms with Crippen LogP contribution in [0.5, 0.6) is 0 Å². The molecule has 1 saturated heterocycles. The molecule has 92 heavy (non-hydrogen) atoms. The number of hydrogen-bond donors (Lipinski definition) is 5. The molecule has 0 aromatic heterocycles. The molecule has 5 N–H and O–H groups in total. The molecule has 1 unspecified atom stereocenters. The number of rotatable bonds is 16. The maximum Gasteiger partial charge on any atom is 0.246 e. The van der Waals surface area contributed by atoms with E-state index in [-0.39, 0.29) is 62.2 Å². The minimum atomic E-state index is -1.65. The van der Waals surface area contributed by atoms with Gasteiger partial charge in [0, 0.05) is 49.3 Å². The van der Waals surface area contributed by atoms with E-state index in [1.54, 1.807) is 41.5 Å². The van der Waals surface area contributed by atoms with Crippen LogP contribution in [-0.4, -0.2) is 227 Å². The second kappa shape index (κ2) is 36.5. The second-order valence-corrected chi connectivity index (χ2v) is 28.3. The van der Waals surface area contributed by atoms with Gasteiger partial charge in [-0.05, 0) is 119 Å². The fourth-order valence-corrected chi connectivity index (χ4v) is 11.6. The van der Waals surface area contributed by atoms with Crippen molar-refractivity contribution in [3.05, 3.63) is 41.5 Å². The number of nitrogens with one attached hydrogen (secondary N) is 4. The summed E-state index contributed by atoms with van der Waals surface area (Å²) in [7, 11) is 9.95. The van der Waals surface area contributed by atoms with Gasteiger partial charge in [-0.25, -0.2) is 0 Å². The molecule has 0 spiro atoms. The molecule has 1 heterocycles. The van der Waals surface area contributed by atoms with Gasteiger partial charge in [-0.15, -0.1) is 0 Å². The van der Waals surface area contributed by atoms with Crippen LogP contribution in [0.3, 0.4) is 0 Å². The van der Waals surface area contributed by atoms with Gasteiger partial charge < -0.3 is 60.7 Å². The molecule has 23 heteroatoms. The topological polar surface area (TPSA) is 279 Å². The molecule has 0 radical (unpaired) electrons.